The van der Waals surface area contributed by atoms with Gasteiger partial charge in [0.2, 0.25) is 11.8 Å². The van der Waals surface area contributed by atoms with Crippen LogP contribution in [0.3, 0.4) is 0 Å². The van der Waals surface area contributed by atoms with Crippen molar-refractivity contribution in [1.82, 2.24) is 10.2 Å². The molecule has 2 heterocycles. The number of alkyl halides is 3. The summed E-state index contributed by atoms with van der Waals surface area (Å²) in [6.45, 7) is -0.644. The summed E-state index contributed by atoms with van der Waals surface area (Å²) in [5.74, 6) is -5.47. The van der Waals surface area contributed by atoms with Gasteiger partial charge in [-0.25, -0.2) is 4.79 Å². The van der Waals surface area contributed by atoms with Gasteiger partial charge in [0.25, 0.3) is 18.1 Å². The molecule has 2 aliphatic heterocycles. The van der Waals surface area contributed by atoms with Gasteiger partial charge in [-0.3, -0.25) is 24.5 Å². The van der Waals surface area contributed by atoms with Gasteiger partial charge in [-0.15, -0.1) is 0 Å². The fourth-order valence-corrected chi connectivity index (χ4v) is 3.40. The van der Waals surface area contributed by atoms with Crippen LogP contribution < -0.4 is 16.4 Å². The smallest absolute Gasteiger partial charge is 0.419 e. The molecule has 0 bridgehead atoms. The van der Waals surface area contributed by atoms with Crippen molar-refractivity contribution < 1.29 is 46.6 Å². The third-order valence-corrected chi connectivity index (χ3v) is 4.89. The van der Waals surface area contributed by atoms with Gasteiger partial charge in [0, 0.05) is 36.3 Å². The average Bonchev–Trinajstić information content (AvgIpc) is 3.07. The van der Waals surface area contributed by atoms with Crippen molar-refractivity contribution in [3.63, 3.8) is 0 Å². The molecule has 0 saturated carbocycles. The van der Waals surface area contributed by atoms with Gasteiger partial charge in [-0.05, 0) is 18.6 Å². The molecule has 1 aromatic carbocycles. The number of imide groups is 1. The van der Waals surface area contributed by atoms with E-state index >= 15 is 0 Å². The van der Waals surface area contributed by atoms with Crippen molar-refractivity contribution in [2.24, 2.45) is 5.73 Å². The van der Waals surface area contributed by atoms with E-state index in [1.165, 1.54) is 23.1 Å². The number of amides is 4. The number of carbonyl (C=O) groups excluding carboxylic acids is 5. The first-order chi connectivity index (χ1) is 15.5. The molecule has 2 aliphatic rings. The molecule has 33 heavy (non-hydrogen) atoms. The number of nitrogens with zero attached hydrogens (tertiary/aromatic N) is 1. The number of hydrogen-bond donors (Lipinski definition) is 3. The molecule has 178 valence electrons. The fraction of sp³-hybridized carbons (Fsp3) is 0.421. The fourth-order valence-electron chi connectivity index (χ4n) is 3.40. The Labute approximate surface area is 184 Å². The van der Waals surface area contributed by atoms with Crippen molar-refractivity contribution in [3.05, 3.63) is 29.3 Å². The Kier molecular flexibility index (Phi) is 6.98. The molecule has 3 rings (SSSR count). The van der Waals surface area contributed by atoms with E-state index in [0.29, 0.717) is 5.56 Å². The Morgan fingerprint density at radius 3 is 2.64 bits per heavy atom. The largest absolute Gasteiger partial charge is 0.491 e. The predicted molar refractivity (Wildman–Crippen MR) is 102 cm³/mol. The number of benzene rings is 1. The number of nitrogens with one attached hydrogen (secondary N) is 2. The summed E-state index contributed by atoms with van der Waals surface area (Å²) in [6.07, 6.45) is -7.44. The molecule has 4 N–H and O–H groups in total. The summed E-state index contributed by atoms with van der Waals surface area (Å²) in [5.41, 5.74) is 5.72. The van der Waals surface area contributed by atoms with Gasteiger partial charge < -0.3 is 25.4 Å². The molecule has 1 aromatic rings. The Hall–Kier alpha value is -3.52. The first-order valence-electron chi connectivity index (χ1n) is 9.69. The molecule has 0 radical (unpaired) electrons. The lowest BCUT2D eigenvalue weighted by Crippen LogP contribution is -2.52. The van der Waals surface area contributed by atoms with Crippen LogP contribution in [0.1, 0.15) is 28.8 Å². The van der Waals surface area contributed by atoms with Crippen molar-refractivity contribution in [2.75, 3.05) is 18.5 Å². The number of hydrogen-bond acceptors (Lipinski definition) is 8. The molecule has 1 fully saturated rings. The van der Waals surface area contributed by atoms with E-state index in [2.05, 4.69) is 15.4 Å². The summed E-state index contributed by atoms with van der Waals surface area (Å²) in [5, 5.41) is 4.44. The highest BCUT2D eigenvalue weighted by atomic mass is 19.4. The van der Waals surface area contributed by atoms with E-state index in [4.69, 9.17) is 10.5 Å². The van der Waals surface area contributed by atoms with Gasteiger partial charge in [0.15, 0.2) is 0 Å². The Bertz CT molecular complexity index is 998. The molecule has 1 saturated heterocycles. The molecule has 2 unspecified atom stereocenters. The van der Waals surface area contributed by atoms with E-state index in [-0.39, 0.29) is 43.8 Å². The number of piperidine rings is 1. The molecular formula is C19H19F3N4O7. The second-order valence-corrected chi connectivity index (χ2v) is 7.12. The lowest BCUT2D eigenvalue weighted by atomic mass is 10.0. The van der Waals surface area contributed by atoms with Gasteiger partial charge in [-0.2, -0.15) is 13.2 Å². The monoisotopic (exact) mass is 472 g/mol. The SMILES string of the molecule is NCCOC(OC(=O)C(F)(F)F)C(=O)Nc1cccc2c1CN(C1CCC(=O)NC1=O)C2=O. The van der Waals surface area contributed by atoms with Crippen LogP contribution in [-0.4, -0.2) is 66.2 Å². The van der Waals surface area contributed by atoms with Crippen LogP contribution in [0.2, 0.25) is 0 Å². The van der Waals surface area contributed by atoms with Gasteiger partial charge in [-0.1, -0.05) is 6.07 Å². The highest BCUT2D eigenvalue weighted by Crippen LogP contribution is 2.32. The topological polar surface area (TPSA) is 157 Å². The maximum atomic E-state index is 12.8. The predicted octanol–water partition coefficient (Wildman–Crippen LogP) is -0.207. The molecule has 2 atom stereocenters. The zero-order valence-electron chi connectivity index (χ0n) is 16.9. The van der Waals surface area contributed by atoms with Crippen LogP contribution in [-0.2, 0) is 35.2 Å². The summed E-state index contributed by atoms with van der Waals surface area (Å²) < 4.78 is 46.6. The zero-order chi connectivity index (χ0) is 24.3. The van der Waals surface area contributed by atoms with E-state index < -0.39 is 48.1 Å². The Balaban J connectivity index is 1.78. The second kappa shape index (κ2) is 9.54. The summed E-state index contributed by atoms with van der Waals surface area (Å²) >= 11 is 0. The molecule has 0 aliphatic carbocycles. The first kappa shape index (κ1) is 24.1. The van der Waals surface area contributed by atoms with Gasteiger partial charge >= 0.3 is 12.1 Å². The summed E-state index contributed by atoms with van der Waals surface area (Å²) in [4.78, 5) is 61.2. The number of carbonyl (C=O) groups is 5. The molecule has 0 aromatic heterocycles. The van der Waals surface area contributed by atoms with Gasteiger partial charge in [0.05, 0.1) is 6.61 Å². The maximum Gasteiger partial charge on any atom is 0.491 e. The van der Waals surface area contributed by atoms with Crippen molar-refractivity contribution in [2.45, 2.75) is 37.9 Å². The summed E-state index contributed by atoms with van der Waals surface area (Å²) in [7, 11) is 0. The van der Waals surface area contributed by atoms with E-state index in [0.717, 1.165) is 0 Å². The number of nitrogens with two attached hydrogens (primary N) is 1. The van der Waals surface area contributed by atoms with Crippen molar-refractivity contribution in [1.29, 1.82) is 0 Å². The maximum absolute atomic E-state index is 12.8. The number of ether oxygens (including phenoxy) is 2. The van der Waals surface area contributed by atoms with E-state index in [9.17, 15) is 37.1 Å². The van der Waals surface area contributed by atoms with E-state index in [1.807, 2.05) is 0 Å². The first-order valence-corrected chi connectivity index (χ1v) is 9.69. The highest BCUT2D eigenvalue weighted by molar-refractivity contribution is 6.07. The third-order valence-electron chi connectivity index (χ3n) is 4.89. The Morgan fingerprint density at radius 1 is 1.27 bits per heavy atom. The summed E-state index contributed by atoms with van der Waals surface area (Å²) in [6, 6.07) is 3.34. The second-order valence-electron chi connectivity index (χ2n) is 7.12. The Morgan fingerprint density at radius 2 is 2.00 bits per heavy atom. The van der Waals surface area contributed by atoms with Crippen molar-refractivity contribution in [3.8, 4) is 0 Å². The number of anilines is 1. The van der Waals surface area contributed by atoms with Crippen LogP contribution in [0.4, 0.5) is 18.9 Å². The minimum absolute atomic E-state index is 0.0463. The number of halogens is 3. The lowest BCUT2D eigenvalue weighted by molar-refractivity contribution is -0.223. The quantitative estimate of drug-likeness (QED) is 0.280. The van der Waals surface area contributed by atoms with Crippen LogP contribution in [0.15, 0.2) is 18.2 Å². The van der Waals surface area contributed by atoms with Gasteiger partial charge in [0.1, 0.15) is 6.04 Å². The minimum atomic E-state index is -5.35. The van der Waals surface area contributed by atoms with Crippen LogP contribution in [0, 0.1) is 0 Å². The lowest BCUT2D eigenvalue weighted by Gasteiger charge is -2.29. The molecule has 11 nitrogen and oxygen atoms in total. The highest BCUT2D eigenvalue weighted by Gasteiger charge is 2.44. The van der Waals surface area contributed by atoms with Crippen LogP contribution in [0.25, 0.3) is 0 Å². The third kappa shape index (κ3) is 5.28. The zero-order valence-corrected chi connectivity index (χ0v) is 16.9. The number of fused-ring (bicyclic) bond motifs is 1. The van der Waals surface area contributed by atoms with Crippen molar-refractivity contribution >= 4 is 35.3 Å². The minimum Gasteiger partial charge on any atom is -0.419 e. The molecule has 14 heteroatoms. The standard InChI is InChI=1S/C19H19F3N4O7/c20-19(21,22)18(31)33-17(32-7-6-23)15(29)24-11-3-1-2-9-10(11)8-26(16(9)30)12-4-5-13(27)25-14(12)28/h1-3,12,17H,4-8,23H2,(H,24,29)(H,25,27,28). The molecular weight excluding hydrogens is 453 g/mol. The van der Waals surface area contributed by atoms with Crippen LogP contribution >= 0.6 is 0 Å². The molecule has 4 amide bonds. The number of esters is 1. The average molecular weight is 472 g/mol. The normalized spacial score (nSPS) is 19.1. The van der Waals surface area contributed by atoms with E-state index in [1.54, 1.807) is 0 Å². The number of rotatable bonds is 7. The molecule has 0 spiro atoms. The van der Waals surface area contributed by atoms with Crippen LogP contribution in [0.5, 0.6) is 0 Å².